The van der Waals surface area contributed by atoms with Crippen molar-refractivity contribution in [3.63, 3.8) is 0 Å². The Morgan fingerprint density at radius 3 is 2.37 bits per heavy atom. The number of likely N-dealkylation sites (N-methyl/N-ethyl adjacent to an activating group) is 1. The Balaban J connectivity index is 2.95. The van der Waals surface area contributed by atoms with E-state index in [9.17, 15) is 18.0 Å². The van der Waals surface area contributed by atoms with E-state index in [4.69, 9.17) is 0 Å². The van der Waals surface area contributed by atoms with Crippen LogP contribution < -0.4 is 0 Å². The number of amides is 1. The average molecular weight is 271 g/mol. The van der Waals surface area contributed by atoms with E-state index in [1.54, 1.807) is 13.8 Å². The van der Waals surface area contributed by atoms with Crippen molar-refractivity contribution in [1.29, 1.82) is 0 Å². The summed E-state index contributed by atoms with van der Waals surface area (Å²) in [5, 5.41) is 0. The lowest BCUT2D eigenvalue weighted by Gasteiger charge is -2.19. The molecule has 19 heavy (non-hydrogen) atoms. The van der Waals surface area contributed by atoms with Crippen LogP contribution in [0.5, 0.6) is 0 Å². The first kappa shape index (κ1) is 15.3. The van der Waals surface area contributed by atoms with Gasteiger partial charge in [-0.05, 0) is 25.5 Å². The molecular formula is C14H16F3NO. The van der Waals surface area contributed by atoms with Crippen LogP contribution in [0.25, 0.3) is 0 Å². The maximum absolute atomic E-state index is 12.8. The maximum Gasteiger partial charge on any atom is 0.416 e. The van der Waals surface area contributed by atoms with Gasteiger partial charge in [0, 0.05) is 19.7 Å². The number of allylic oxidation sites excluding steroid dienone is 1. The van der Waals surface area contributed by atoms with E-state index < -0.39 is 11.7 Å². The smallest absolute Gasteiger partial charge is 0.338 e. The van der Waals surface area contributed by atoms with Gasteiger partial charge in [0.2, 0.25) is 5.91 Å². The number of rotatable bonds is 3. The molecule has 104 valence electrons. The van der Waals surface area contributed by atoms with E-state index in [0.29, 0.717) is 0 Å². The highest BCUT2D eigenvalue weighted by Crippen LogP contribution is 2.32. The number of halogens is 3. The summed E-state index contributed by atoms with van der Waals surface area (Å²) in [5.74, 6) is -0.308. The summed E-state index contributed by atoms with van der Waals surface area (Å²) >= 11 is 0. The van der Waals surface area contributed by atoms with Gasteiger partial charge in [-0.25, -0.2) is 0 Å². The minimum Gasteiger partial charge on any atom is -0.338 e. The van der Waals surface area contributed by atoms with Crippen molar-refractivity contribution in [2.75, 3.05) is 7.05 Å². The summed E-state index contributed by atoms with van der Waals surface area (Å²) in [4.78, 5) is 12.9. The van der Waals surface area contributed by atoms with Gasteiger partial charge < -0.3 is 4.90 Å². The highest BCUT2D eigenvalue weighted by molar-refractivity contribution is 5.87. The summed E-state index contributed by atoms with van der Waals surface area (Å²) < 4.78 is 38.4. The van der Waals surface area contributed by atoms with Crippen molar-refractivity contribution >= 4 is 5.91 Å². The number of carbonyl (C=O) groups excluding carboxylic acids is 1. The quantitative estimate of drug-likeness (QED) is 0.769. The molecule has 0 atom stereocenters. The van der Waals surface area contributed by atoms with Crippen molar-refractivity contribution in [2.45, 2.75) is 26.6 Å². The number of hydrogen-bond donors (Lipinski definition) is 0. The van der Waals surface area contributed by atoms with Gasteiger partial charge in [-0.1, -0.05) is 23.8 Å². The fraction of sp³-hybridized carbons (Fsp3) is 0.357. The maximum atomic E-state index is 12.8. The van der Waals surface area contributed by atoms with Crippen molar-refractivity contribution in [1.82, 2.24) is 4.90 Å². The van der Waals surface area contributed by atoms with E-state index in [2.05, 4.69) is 0 Å². The van der Waals surface area contributed by atoms with Gasteiger partial charge in [0.05, 0.1) is 5.56 Å². The first-order valence-corrected chi connectivity index (χ1v) is 5.77. The predicted octanol–water partition coefficient (Wildman–Crippen LogP) is 3.63. The molecule has 1 rings (SSSR count). The monoisotopic (exact) mass is 271 g/mol. The first-order chi connectivity index (χ1) is 8.71. The van der Waals surface area contributed by atoms with Gasteiger partial charge in [-0.3, -0.25) is 4.79 Å². The topological polar surface area (TPSA) is 20.3 Å². The third-order valence-corrected chi connectivity index (χ3v) is 2.52. The molecular weight excluding hydrogens is 255 g/mol. The van der Waals surface area contributed by atoms with Gasteiger partial charge in [0.1, 0.15) is 0 Å². The molecule has 0 saturated carbocycles. The van der Waals surface area contributed by atoms with Crippen LogP contribution in [0.4, 0.5) is 13.2 Å². The number of hydrogen-bond acceptors (Lipinski definition) is 1. The second kappa shape index (κ2) is 5.91. The van der Waals surface area contributed by atoms with Crippen LogP contribution in [0.3, 0.4) is 0 Å². The third-order valence-electron chi connectivity index (χ3n) is 2.52. The van der Waals surface area contributed by atoms with Crippen LogP contribution in [0.15, 0.2) is 35.9 Å². The van der Waals surface area contributed by atoms with E-state index in [1.807, 2.05) is 0 Å². The van der Waals surface area contributed by atoms with Crippen molar-refractivity contribution in [3.05, 3.63) is 47.0 Å². The Morgan fingerprint density at radius 1 is 1.26 bits per heavy atom. The molecule has 0 unspecified atom stereocenters. The molecule has 1 aromatic carbocycles. The normalized spacial score (nSPS) is 11.1. The fourth-order valence-electron chi connectivity index (χ4n) is 1.63. The summed E-state index contributed by atoms with van der Waals surface area (Å²) in [6.07, 6.45) is -3.01. The first-order valence-electron chi connectivity index (χ1n) is 5.77. The summed E-state index contributed by atoms with van der Waals surface area (Å²) in [7, 11) is 1.48. The van der Waals surface area contributed by atoms with Crippen LogP contribution in [-0.4, -0.2) is 17.9 Å². The lowest BCUT2D eigenvalue weighted by molar-refractivity contribution is -0.139. The highest BCUT2D eigenvalue weighted by Gasteiger charge is 2.33. The second-order valence-corrected chi connectivity index (χ2v) is 4.57. The van der Waals surface area contributed by atoms with E-state index in [0.717, 1.165) is 11.6 Å². The summed E-state index contributed by atoms with van der Waals surface area (Å²) in [6, 6.07) is 5.28. The Labute approximate surface area is 110 Å². The van der Waals surface area contributed by atoms with Crippen LogP contribution >= 0.6 is 0 Å². The minimum absolute atomic E-state index is 0.0711. The summed E-state index contributed by atoms with van der Waals surface area (Å²) in [6.45, 7) is 3.45. The van der Waals surface area contributed by atoms with Crippen molar-refractivity contribution in [2.24, 2.45) is 0 Å². The molecule has 5 heteroatoms. The Bertz CT molecular complexity index is 488. The van der Waals surface area contributed by atoms with Gasteiger partial charge in [-0.2, -0.15) is 13.2 Å². The predicted molar refractivity (Wildman–Crippen MR) is 67.3 cm³/mol. The molecule has 0 saturated heterocycles. The van der Waals surface area contributed by atoms with Gasteiger partial charge in [0.25, 0.3) is 0 Å². The van der Waals surface area contributed by atoms with Gasteiger partial charge in [-0.15, -0.1) is 0 Å². The molecule has 1 amide bonds. The molecule has 0 heterocycles. The number of nitrogens with zero attached hydrogens (tertiary/aromatic N) is 1. The molecule has 0 N–H and O–H groups in total. The van der Waals surface area contributed by atoms with Crippen LogP contribution in [0, 0.1) is 0 Å². The molecule has 0 radical (unpaired) electrons. The molecule has 0 aliphatic heterocycles. The van der Waals surface area contributed by atoms with Crippen molar-refractivity contribution < 1.29 is 18.0 Å². The molecule has 0 spiro atoms. The van der Waals surface area contributed by atoms with E-state index in [1.165, 1.54) is 36.2 Å². The van der Waals surface area contributed by atoms with Crippen LogP contribution in [0.1, 0.15) is 25.0 Å². The Hall–Kier alpha value is -1.78. The van der Waals surface area contributed by atoms with Gasteiger partial charge in [0.15, 0.2) is 0 Å². The van der Waals surface area contributed by atoms with E-state index >= 15 is 0 Å². The average Bonchev–Trinajstić information content (AvgIpc) is 2.27. The zero-order valence-corrected chi connectivity index (χ0v) is 11.1. The zero-order valence-electron chi connectivity index (χ0n) is 11.1. The molecule has 0 bridgehead atoms. The lowest BCUT2D eigenvalue weighted by Crippen LogP contribution is -2.26. The lowest BCUT2D eigenvalue weighted by atomic mass is 10.1. The molecule has 2 nitrogen and oxygen atoms in total. The van der Waals surface area contributed by atoms with Crippen LogP contribution in [0.2, 0.25) is 0 Å². The van der Waals surface area contributed by atoms with E-state index in [-0.39, 0.29) is 18.0 Å². The highest BCUT2D eigenvalue weighted by atomic mass is 19.4. The Kier molecular flexibility index (Phi) is 4.75. The second-order valence-electron chi connectivity index (χ2n) is 4.57. The standard InChI is InChI=1S/C14H16F3NO/c1-10(2)8-13(19)18(3)9-11-6-4-5-7-12(11)14(15,16)17/h4-8H,9H2,1-3H3. The third kappa shape index (κ3) is 4.43. The fourth-order valence-corrected chi connectivity index (χ4v) is 1.63. The number of benzene rings is 1. The molecule has 0 aliphatic rings. The largest absolute Gasteiger partial charge is 0.416 e. The van der Waals surface area contributed by atoms with Gasteiger partial charge >= 0.3 is 6.18 Å². The zero-order chi connectivity index (χ0) is 14.6. The van der Waals surface area contributed by atoms with Crippen LogP contribution in [-0.2, 0) is 17.5 Å². The molecule has 1 aromatic rings. The molecule has 0 fully saturated rings. The summed E-state index contributed by atoms with van der Waals surface area (Å²) in [5.41, 5.74) is 0.195. The Morgan fingerprint density at radius 2 is 1.84 bits per heavy atom. The number of carbonyl (C=O) groups is 1. The minimum atomic E-state index is -4.41. The van der Waals surface area contributed by atoms with Crippen molar-refractivity contribution in [3.8, 4) is 0 Å². The number of alkyl halides is 3. The molecule has 0 aliphatic carbocycles. The molecule has 0 aromatic heterocycles. The SMILES string of the molecule is CC(C)=CC(=O)N(C)Cc1ccccc1C(F)(F)F.